The first-order valence-corrected chi connectivity index (χ1v) is 8.60. The third-order valence-electron chi connectivity index (χ3n) is 4.33. The number of aromatic carboxylic acids is 1. The van der Waals surface area contributed by atoms with Crippen LogP contribution < -0.4 is 10.2 Å². The number of carboxylic acids is 1. The van der Waals surface area contributed by atoms with Crippen LogP contribution in [0, 0.1) is 0 Å². The van der Waals surface area contributed by atoms with E-state index in [1.54, 1.807) is 17.0 Å². The number of carboxylic acid groups (broad SMARTS) is 1. The molecular weight excluding hydrogens is 322 g/mol. The van der Waals surface area contributed by atoms with Crippen LogP contribution in [0.1, 0.15) is 43.5 Å². The van der Waals surface area contributed by atoms with E-state index in [0.717, 1.165) is 12.8 Å². The molecule has 7 heteroatoms. The highest BCUT2D eigenvalue weighted by Gasteiger charge is 2.23. The van der Waals surface area contributed by atoms with E-state index in [9.17, 15) is 19.5 Å². The maximum absolute atomic E-state index is 11.8. The summed E-state index contributed by atoms with van der Waals surface area (Å²) in [5, 5.41) is 12.3. The van der Waals surface area contributed by atoms with Gasteiger partial charge in [-0.25, -0.2) is 4.79 Å². The minimum Gasteiger partial charge on any atom is -0.478 e. The van der Waals surface area contributed by atoms with Gasteiger partial charge in [0, 0.05) is 45.2 Å². The van der Waals surface area contributed by atoms with Crippen LogP contribution in [0.15, 0.2) is 18.2 Å². The number of carbonyl (C=O) groups is 3. The third kappa shape index (κ3) is 4.95. The van der Waals surface area contributed by atoms with E-state index in [1.807, 2.05) is 11.8 Å². The summed E-state index contributed by atoms with van der Waals surface area (Å²) in [6.45, 7) is 5.86. The molecule has 136 valence electrons. The fourth-order valence-corrected chi connectivity index (χ4v) is 2.88. The number of hydrogen-bond donors (Lipinski definition) is 2. The third-order valence-corrected chi connectivity index (χ3v) is 4.33. The largest absolute Gasteiger partial charge is 0.478 e. The Morgan fingerprint density at radius 1 is 1.16 bits per heavy atom. The summed E-state index contributed by atoms with van der Waals surface area (Å²) in [6, 6.07) is 4.95. The van der Waals surface area contributed by atoms with Crippen molar-refractivity contribution in [3.8, 4) is 0 Å². The zero-order valence-corrected chi connectivity index (χ0v) is 14.7. The molecule has 2 rings (SSSR count). The molecule has 0 aromatic heterocycles. The molecule has 1 fully saturated rings. The fraction of sp³-hybridized carbons (Fsp3) is 0.500. The molecule has 0 spiro atoms. The Morgan fingerprint density at radius 3 is 2.40 bits per heavy atom. The standard InChI is InChI=1S/C18H25N3O4/c1-3-4-5-17(23)19-14-6-7-16(15(12-14)18(24)25)21-10-8-20(9-11-21)13(2)22/h6-7,12H,3-5,8-11H2,1-2H3,(H,19,23)(H,24,25). The molecule has 1 aromatic rings. The highest BCUT2D eigenvalue weighted by molar-refractivity contribution is 5.98. The first kappa shape index (κ1) is 18.8. The number of nitrogens with one attached hydrogen (secondary N) is 1. The van der Waals surface area contributed by atoms with Gasteiger partial charge in [0.25, 0.3) is 0 Å². The average Bonchev–Trinajstić information content (AvgIpc) is 2.60. The molecule has 0 radical (unpaired) electrons. The second-order valence-corrected chi connectivity index (χ2v) is 6.18. The maximum atomic E-state index is 11.8. The summed E-state index contributed by atoms with van der Waals surface area (Å²) in [5.41, 5.74) is 1.26. The Hall–Kier alpha value is -2.57. The minimum absolute atomic E-state index is 0.0308. The van der Waals surface area contributed by atoms with Crippen LogP contribution in [-0.2, 0) is 9.59 Å². The molecule has 0 aliphatic carbocycles. The SMILES string of the molecule is CCCCC(=O)Nc1ccc(N2CCN(C(C)=O)CC2)c(C(=O)O)c1. The smallest absolute Gasteiger partial charge is 0.337 e. The number of hydrogen-bond acceptors (Lipinski definition) is 4. The lowest BCUT2D eigenvalue weighted by Crippen LogP contribution is -2.48. The molecule has 1 aliphatic heterocycles. The number of amides is 2. The molecule has 0 bridgehead atoms. The van der Waals surface area contributed by atoms with Crippen LogP contribution in [0.4, 0.5) is 11.4 Å². The van der Waals surface area contributed by atoms with Crippen LogP contribution in [0.2, 0.25) is 0 Å². The molecule has 2 amide bonds. The lowest BCUT2D eigenvalue weighted by atomic mass is 10.1. The molecule has 2 N–H and O–H groups in total. The zero-order valence-electron chi connectivity index (χ0n) is 14.7. The van der Waals surface area contributed by atoms with E-state index in [0.29, 0.717) is 44.0 Å². The Labute approximate surface area is 147 Å². The van der Waals surface area contributed by atoms with Crippen molar-refractivity contribution in [2.75, 3.05) is 36.4 Å². The highest BCUT2D eigenvalue weighted by atomic mass is 16.4. The van der Waals surface area contributed by atoms with Crippen molar-refractivity contribution in [1.29, 1.82) is 0 Å². The van der Waals surface area contributed by atoms with Crippen molar-refractivity contribution in [1.82, 2.24) is 4.90 Å². The Bertz CT molecular complexity index is 652. The number of rotatable bonds is 6. The number of piperazine rings is 1. The van der Waals surface area contributed by atoms with E-state index >= 15 is 0 Å². The van der Waals surface area contributed by atoms with Crippen LogP contribution in [0.5, 0.6) is 0 Å². The van der Waals surface area contributed by atoms with Crippen LogP contribution in [0.3, 0.4) is 0 Å². The Balaban J connectivity index is 2.13. The zero-order chi connectivity index (χ0) is 18.4. The highest BCUT2D eigenvalue weighted by Crippen LogP contribution is 2.26. The minimum atomic E-state index is -1.03. The molecule has 0 atom stereocenters. The van der Waals surface area contributed by atoms with Gasteiger partial charge in [-0.05, 0) is 24.6 Å². The number of unbranched alkanes of at least 4 members (excludes halogenated alkanes) is 1. The predicted molar refractivity (Wildman–Crippen MR) is 96.0 cm³/mol. The van der Waals surface area contributed by atoms with Crippen molar-refractivity contribution in [2.24, 2.45) is 0 Å². The van der Waals surface area contributed by atoms with Crippen molar-refractivity contribution in [3.05, 3.63) is 23.8 Å². The number of benzene rings is 1. The topological polar surface area (TPSA) is 90.0 Å². The van der Waals surface area contributed by atoms with Gasteiger partial charge in [-0.3, -0.25) is 9.59 Å². The van der Waals surface area contributed by atoms with E-state index in [-0.39, 0.29) is 17.4 Å². The van der Waals surface area contributed by atoms with E-state index < -0.39 is 5.97 Å². The number of carbonyl (C=O) groups excluding carboxylic acids is 2. The number of anilines is 2. The monoisotopic (exact) mass is 347 g/mol. The van der Waals surface area contributed by atoms with Crippen molar-refractivity contribution in [2.45, 2.75) is 33.1 Å². The molecule has 7 nitrogen and oxygen atoms in total. The summed E-state index contributed by atoms with van der Waals surface area (Å²) in [7, 11) is 0. The van der Waals surface area contributed by atoms with Crippen molar-refractivity contribution >= 4 is 29.2 Å². The molecular formula is C18H25N3O4. The summed E-state index contributed by atoms with van der Waals surface area (Å²) < 4.78 is 0. The Morgan fingerprint density at radius 2 is 1.84 bits per heavy atom. The van der Waals surface area contributed by atoms with Crippen LogP contribution in [0.25, 0.3) is 0 Å². The normalized spacial score (nSPS) is 14.3. The summed E-state index contributed by atoms with van der Waals surface area (Å²) >= 11 is 0. The van der Waals surface area contributed by atoms with Gasteiger partial charge in [0.05, 0.1) is 11.3 Å². The first-order valence-electron chi connectivity index (χ1n) is 8.60. The second-order valence-electron chi connectivity index (χ2n) is 6.18. The van der Waals surface area contributed by atoms with Gasteiger partial charge in [0.15, 0.2) is 0 Å². The average molecular weight is 347 g/mol. The van der Waals surface area contributed by atoms with Gasteiger partial charge in [-0.2, -0.15) is 0 Å². The summed E-state index contributed by atoms with van der Waals surface area (Å²) in [4.78, 5) is 38.6. The summed E-state index contributed by atoms with van der Waals surface area (Å²) in [6.07, 6.45) is 2.16. The van der Waals surface area contributed by atoms with Gasteiger partial charge >= 0.3 is 5.97 Å². The molecule has 1 aliphatic rings. The first-order chi connectivity index (χ1) is 11.9. The lowest BCUT2D eigenvalue weighted by Gasteiger charge is -2.36. The predicted octanol–water partition coefficient (Wildman–Crippen LogP) is 2.18. The fourth-order valence-electron chi connectivity index (χ4n) is 2.88. The number of nitrogens with zero attached hydrogens (tertiary/aromatic N) is 2. The van der Waals surface area contributed by atoms with Crippen molar-refractivity contribution < 1.29 is 19.5 Å². The molecule has 0 unspecified atom stereocenters. The lowest BCUT2D eigenvalue weighted by molar-refractivity contribution is -0.129. The quantitative estimate of drug-likeness (QED) is 0.823. The van der Waals surface area contributed by atoms with Gasteiger partial charge in [0.2, 0.25) is 11.8 Å². The van der Waals surface area contributed by atoms with Crippen molar-refractivity contribution in [3.63, 3.8) is 0 Å². The van der Waals surface area contributed by atoms with Crippen LogP contribution >= 0.6 is 0 Å². The van der Waals surface area contributed by atoms with E-state index in [1.165, 1.54) is 13.0 Å². The molecule has 1 aromatic carbocycles. The van der Waals surface area contributed by atoms with Gasteiger partial charge < -0.3 is 20.2 Å². The van der Waals surface area contributed by atoms with Gasteiger partial charge in [0.1, 0.15) is 0 Å². The maximum Gasteiger partial charge on any atom is 0.337 e. The van der Waals surface area contributed by atoms with Crippen LogP contribution in [-0.4, -0.2) is 54.0 Å². The molecule has 25 heavy (non-hydrogen) atoms. The molecule has 1 heterocycles. The van der Waals surface area contributed by atoms with E-state index in [2.05, 4.69) is 5.32 Å². The van der Waals surface area contributed by atoms with Gasteiger partial charge in [-0.1, -0.05) is 13.3 Å². The molecule has 0 saturated carbocycles. The second kappa shape index (κ2) is 8.50. The van der Waals surface area contributed by atoms with Gasteiger partial charge in [-0.15, -0.1) is 0 Å². The molecule has 1 saturated heterocycles. The Kier molecular flexibility index (Phi) is 6.38. The van der Waals surface area contributed by atoms with E-state index in [4.69, 9.17) is 0 Å². The summed E-state index contributed by atoms with van der Waals surface area (Å²) in [5.74, 6) is -1.11.